The summed E-state index contributed by atoms with van der Waals surface area (Å²) in [5.74, 6) is 0. The van der Waals surface area contributed by atoms with Gasteiger partial charge in [-0.3, -0.25) is 0 Å². The van der Waals surface area contributed by atoms with Crippen molar-refractivity contribution in [3.63, 3.8) is 0 Å². The Morgan fingerprint density at radius 1 is 0.436 bits per heavy atom. The molecule has 0 aliphatic rings. The van der Waals surface area contributed by atoms with Crippen LogP contribution in [0.3, 0.4) is 0 Å². The summed E-state index contributed by atoms with van der Waals surface area (Å²) in [5.41, 5.74) is 9.38. The zero-order chi connectivity index (χ0) is 25.5. The minimum atomic E-state index is 1.12. The molecule has 3 nitrogen and oxygen atoms in total. The fraction of sp³-hybridized carbons (Fsp3) is 0. The highest BCUT2D eigenvalue weighted by molar-refractivity contribution is 6.31. The third kappa shape index (κ3) is 2.76. The van der Waals surface area contributed by atoms with Gasteiger partial charge in [-0.05, 0) is 53.9 Å². The lowest BCUT2D eigenvalue weighted by Crippen LogP contribution is -2.09. The van der Waals surface area contributed by atoms with E-state index in [1.807, 2.05) is 0 Å². The lowest BCUT2D eigenvalue weighted by Gasteiger charge is -2.25. The Bertz CT molecular complexity index is 2290. The standard InChI is InChI=1S/C36H23N3/c1-3-11-23(12-4-1)38(24-13-5-2-6-14-24)25-21-31-35-33(22-25)39-32-20-8-7-15-26(32)28-17-9-18-29(36(28)39)27-16-10-19-30(37-31)34(27)35/h1-22,37H. The van der Waals surface area contributed by atoms with Gasteiger partial charge in [-0.15, -0.1) is 0 Å². The molecule has 39 heavy (non-hydrogen) atoms. The van der Waals surface area contributed by atoms with Gasteiger partial charge in [0, 0.05) is 43.8 Å². The molecule has 1 N–H and O–H groups in total. The SMILES string of the molecule is c1ccc(N(c2ccccc2)c2cc3[nH]c4cccc5c6cccc7c8ccccc8n(c(c2)c3c45)c67)cc1. The normalized spacial score (nSPS) is 12.1. The molecule has 182 valence electrons. The topological polar surface area (TPSA) is 23.4 Å². The van der Waals surface area contributed by atoms with Crippen LogP contribution in [-0.4, -0.2) is 9.38 Å². The van der Waals surface area contributed by atoms with E-state index in [-0.39, 0.29) is 0 Å². The third-order valence-corrected chi connectivity index (χ3v) is 8.20. The van der Waals surface area contributed by atoms with Crippen molar-refractivity contribution < 1.29 is 0 Å². The number of hydrogen-bond donors (Lipinski definition) is 1. The Balaban J connectivity index is 1.54. The average Bonchev–Trinajstić information content (AvgIpc) is 3.50. The Labute approximate surface area is 224 Å². The quantitative estimate of drug-likeness (QED) is 0.258. The lowest BCUT2D eigenvalue weighted by atomic mass is 10.0. The lowest BCUT2D eigenvalue weighted by molar-refractivity contribution is 1.28. The molecule has 3 heteroatoms. The van der Waals surface area contributed by atoms with E-state index in [0.29, 0.717) is 0 Å². The highest BCUT2D eigenvalue weighted by Gasteiger charge is 2.21. The van der Waals surface area contributed by atoms with Crippen LogP contribution in [0.1, 0.15) is 0 Å². The van der Waals surface area contributed by atoms with Gasteiger partial charge >= 0.3 is 0 Å². The Morgan fingerprint density at radius 3 is 1.82 bits per heavy atom. The number of anilines is 3. The largest absolute Gasteiger partial charge is 0.354 e. The minimum Gasteiger partial charge on any atom is -0.354 e. The van der Waals surface area contributed by atoms with Crippen LogP contribution in [0.25, 0.3) is 59.9 Å². The first-order chi connectivity index (χ1) is 19.4. The number of aromatic amines is 1. The van der Waals surface area contributed by atoms with Crippen LogP contribution in [0.4, 0.5) is 17.1 Å². The van der Waals surface area contributed by atoms with Crippen molar-refractivity contribution in [3.05, 3.63) is 133 Å². The summed E-state index contributed by atoms with van der Waals surface area (Å²) in [6, 6.07) is 48.1. The van der Waals surface area contributed by atoms with Gasteiger partial charge in [0.25, 0.3) is 0 Å². The van der Waals surface area contributed by atoms with Gasteiger partial charge < -0.3 is 14.3 Å². The summed E-state index contributed by atoms with van der Waals surface area (Å²) < 4.78 is 2.49. The Morgan fingerprint density at radius 2 is 1.05 bits per heavy atom. The molecular weight excluding hydrogens is 474 g/mol. The predicted molar refractivity (Wildman–Crippen MR) is 165 cm³/mol. The van der Waals surface area contributed by atoms with Crippen LogP contribution in [0.15, 0.2) is 133 Å². The van der Waals surface area contributed by atoms with Gasteiger partial charge in [-0.2, -0.15) is 0 Å². The van der Waals surface area contributed by atoms with E-state index < -0.39 is 0 Å². The van der Waals surface area contributed by atoms with Crippen molar-refractivity contribution in [1.29, 1.82) is 0 Å². The molecule has 6 aromatic carbocycles. The molecule has 0 amide bonds. The molecule has 0 spiro atoms. The molecule has 0 radical (unpaired) electrons. The number of hydrogen-bond acceptors (Lipinski definition) is 1. The first-order valence-electron chi connectivity index (χ1n) is 13.4. The molecular formula is C36H23N3. The smallest absolute Gasteiger partial charge is 0.0619 e. The second-order valence-electron chi connectivity index (χ2n) is 10.3. The molecule has 3 aromatic heterocycles. The number of nitrogens with one attached hydrogen (secondary N) is 1. The summed E-state index contributed by atoms with van der Waals surface area (Å²) in [4.78, 5) is 6.14. The van der Waals surface area contributed by atoms with Crippen LogP contribution in [0.5, 0.6) is 0 Å². The van der Waals surface area contributed by atoms with Gasteiger partial charge in [0.1, 0.15) is 0 Å². The summed E-state index contributed by atoms with van der Waals surface area (Å²) in [6.07, 6.45) is 0. The number of H-pyrrole nitrogens is 1. The van der Waals surface area contributed by atoms with Crippen molar-refractivity contribution in [2.75, 3.05) is 4.90 Å². The molecule has 0 saturated carbocycles. The first-order valence-corrected chi connectivity index (χ1v) is 13.4. The van der Waals surface area contributed by atoms with E-state index in [2.05, 4.69) is 148 Å². The number of para-hydroxylation sites is 4. The van der Waals surface area contributed by atoms with E-state index >= 15 is 0 Å². The summed E-state index contributed by atoms with van der Waals surface area (Å²) in [7, 11) is 0. The summed E-state index contributed by atoms with van der Waals surface area (Å²) >= 11 is 0. The first kappa shape index (κ1) is 20.7. The van der Waals surface area contributed by atoms with Crippen molar-refractivity contribution in [3.8, 4) is 0 Å². The summed E-state index contributed by atoms with van der Waals surface area (Å²) in [6.45, 7) is 0. The zero-order valence-corrected chi connectivity index (χ0v) is 21.1. The Hall–Kier alpha value is -5.28. The number of benzene rings is 6. The second-order valence-corrected chi connectivity index (χ2v) is 10.3. The van der Waals surface area contributed by atoms with E-state index in [1.165, 1.54) is 54.4 Å². The second kappa shape index (κ2) is 7.62. The number of aromatic nitrogens is 2. The van der Waals surface area contributed by atoms with Crippen LogP contribution in [0, 0.1) is 0 Å². The molecule has 9 rings (SSSR count). The van der Waals surface area contributed by atoms with Crippen LogP contribution >= 0.6 is 0 Å². The van der Waals surface area contributed by atoms with E-state index in [9.17, 15) is 0 Å². The van der Waals surface area contributed by atoms with Gasteiger partial charge in [0.2, 0.25) is 0 Å². The molecule has 0 aliphatic carbocycles. The van der Waals surface area contributed by atoms with Gasteiger partial charge in [0.05, 0.1) is 27.8 Å². The fourth-order valence-corrected chi connectivity index (χ4v) is 6.66. The molecule has 9 aromatic rings. The van der Waals surface area contributed by atoms with E-state index in [4.69, 9.17) is 0 Å². The van der Waals surface area contributed by atoms with Crippen molar-refractivity contribution in [2.24, 2.45) is 0 Å². The third-order valence-electron chi connectivity index (χ3n) is 8.20. The monoisotopic (exact) mass is 497 g/mol. The molecule has 3 heterocycles. The number of fused-ring (bicyclic) bond motifs is 5. The molecule has 0 unspecified atom stereocenters. The maximum Gasteiger partial charge on any atom is 0.0619 e. The Kier molecular flexibility index (Phi) is 4.05. The van der Waals surface area contributed by atoms with Crippen LogP contribution < -0.4 is 4.90 Å². The molecule has 0 fully saturated rings. The average molecular weight is 498 g/mol. The maximum absolute atomic E-state index is 3.79. The summed E-state index contributed by atoms with van der Waals surface area (Å²) in [5, 5.41) is 7.68. The number of nitrogens with zero attached hydrogens (tertiary/aromatic N) is 2. The maximum atomic E-state index is 3.79. The van der Waals surface area contributed by atoms with Crippen molar-refractivity contribution in [1.82, 2.24) is 9.38 Å². The van der Waals surface area contributed by atoms with E-state index in [0.717, 1.165) is 22.6 Å². The highest BCUT2D eigenvalue weighted by Crippen LogP contribution is 2.44. The van der Waals surface area contributed by atoms with Crippen LogP contribution in [-0.2, 0) is 0 Å². The van der Waals surface area contributed by atoms with Gasteiger partial charge in [0.15, 0.2) is 0 Å². The van der Waals surface area contributed by atoms with Crippen LogP contribution in [0.2, 0.25) is 0 Å². The zero-order valence-electron chi connectivity index (χ0n) is 21.1. The van der Waals surface area contributed by atoms with Gasteiger partial charge in [-0.1, -0.05) is 84.9 Å². The minimum absolute atomic E-state index is 1.12. The van der Waals surface area contributed by atoms with Crippen molar-refractivity contribution in [2.45, 2.75) is 0 Å². The highest BCUT2D eigenvalue weighted by atomic mass is 15.1. The number of rotatable bonds is 3. The van der Waals surface area contributed by atoms with Gasteiger partial charge in [-0.25, -0.2) is 0 Å². The van der Waals surface area contributed by atoms with E-state index in [1.54, 1.807) is 0 Å². The predicted octanol–water partition coefficient (Wildman–Crippen LogP) is 9.94. The molecule has 0 atom stereocenters. The fourth-order valence-electron chi connectivity index (χ4n) is 6.66. The molecule has 0 saturated heterocycles. The van der Waals surface area contributed by atoms with Crippen molar-refractivity contribution >= 4 is 77.0 Å². The molecule has 0 aliphatic heterocycles. The molecule has 0 bridgehead atoms.